The van der Waals surface area contributed by atoms with Crippen molar-refractivity contribution in [3.8, 4) is 11.1 Å². The molecule has 1 heterocycles. The third-order valence-corrected chi connectivity index (χ3v) is 7.79. The second kappa shape index (κ2) is 9.36. The van der Waals surface area contributed by atoms with E-state index < -0.39 is 18.1 Å². The Labute approximate surface area is 205 Å². The number of likely N-dealkylation sites (tertiary alicyclic amines) is 1. The number of ether oxygens (including phenoxy) is 1. The first-order valence-corrected chi connectivity index (χ1v) is 12.5. The third kappa shape index (κ3) is 4.51. The summed E-state index contributed by atoms with van der Waals surface area (Å²) < 4.78 is 5.58. The van der Waals surface area contributed by atoms with Crippen LogP contribution in [0.2, 0.25) is 0 Å². The lowest BCUT2D eigenvalue weighted by Gasteiger charge is -2.40. The third-order valence-electron chi connectivity index (χ3n) is 7.79. The zero-order chi connectivity index (χ0) is 24.7. The first-order chi connectivity index (χ1) is 16.8. The Kier molecular flexibility index (Phi) is 6.26. The maximum atomic E-state index is 13.1. The predicted molar refractivity (Wildman–Crippen MR) is 131 cm³/mol. The van der Waals surface area contributed by atoms with E-state index in [1.807, 2.05) is 31.2 Å². The molecule has 2 aromatic rings. The average molecular weight is 477 g/mol. The summed E-state index contributed by atoms with van der Waals surface area (Å²) >= 11 is 0. The Bertz CT molecular complexity index is 1100. The number of hydrogen-bond donors (Lipinski definition) is 2. The smallest absolute Gasteiger partial charge is 0.407 e. The molecule has 2 aromatic carbocycles. The minimum Gasteiger partial charge on any atom is -0.480 e. The molecule has 0 aromatic heterocycles. The molecule has 1 saturated heterocycles. The molecule has 0 bridgehead atoms. The summed E-state index contributed by atoms with van der Waals surface area (Å²) in [5, 5.41) is 12.5. The summed E-state index contributed by atoms with van der Waals surface area (Å²) in [6, 6.07) is 15.6. The molecule has 184 valence electrons. The molecule has 2 aliphatic carbocycles. The number of aliphatic carboxylic acids is 1. The summed E-state index contributed by atoms with van der Waals surface area (Å²) in [6.45, 7) is 5.03. The molecule has 7 nitrogen and oxygen atoms in total. The van der Waals surface area contributed by atoms with Crippen LogP contribution in [0.5, 0.6) is 0 Å². The van der Waals surface area contributed by atoms with Crippen molar-refractivity contribution in [3.63, 3.8) is 0 Å². The van der Waals surface area contributed by atoms with E-state index in [4.69, 9.17) is 4.74 Å². The standard InChI is InChI=1S/C28H32N2O5/c1-16-11-17(2)25(27(32)33)30(14-16)26(31)23-12-18(23)13-29-28(34)35-15-24-21-9-5-3-7-19(21)20-8-4-6-10-22(20)24/h3-10,16-18,23-25H,11-15H2,1-2H3,(H,29,34)(H,32,33)/t16?,17?,18-,23-,25?/m0/s1. The van der Waals surface area contributed by atoms with E-state index in [0.29, 0.717) is 19.5 Å². The van der Waals surface area contributed by atoms with Gasteiger partial charge in [0, 0.05) is 24.9 Å². The number of amides is 2. The van der Waals surface area contributed by atoms with Crippen molar-refractivity contribution in [1.29, 1.82) is 0 Å². The van der Waals surface area contributed by atoms with Gasteiger partial charge in [-0.05, 0) is 52.8 Å². The highest BCUT2D eigenvalue weighted by Crippen LogP contribution is 2.45. The van der Waals surface area contributed by atoms with Gasteiger partial charge in [-0.2, -0.15) is 0 Å². The Balaban J connectivity index is 1.13. The van der Waals surface area contributed by atoms with E-state index in [-0.39, 0.29) is 42.1 Å². The molecule has 2 amide bonds. The molecule has 2 fully saturated rings. The fourth-order valence-electron chi connectivity index (χ4n) is 6.05. The van der Waals surface area contributed by atoms with Crippen molar-refractivity contribution in [2.24, 2.45) is 23.7 Å². The number of nitrogens with zero attached hydrogens (tertiary/aromatic N) is 1. The average Bonchev–Trinajstić information content (AvgIpc) is 3.55. The first-order valence-electron chi connectivity index (χ1n) is 12.5. The number of carboxylic acids is 1. The van der Waals surface area contributed by atoms with Gasteiger partial charge in [0.25, 0.3) is 0 Å². The summed E-state index contributed by atoms with van der Waals surface area (Å²) in [4.78, 5) is 38.9. The van der Waals surface area contributed by atoms with E-state index in [1.165, 1.54) is 11.1 Å². The number of carboxylic acid groups (broad SMARTS) is 1. The van der Waals surface area contributed by atoms with Crippen LogP contribution in [0.4, 0.5) is 4.79 Å². The number of nitrogens with one attached hydrogen (secondary N) is 1. The Morgan fingerprint density at radius 2 is 1.63 bits per heavy atom. The monoisotopic (exact) mass is 476 g/mol. The van der Waals surface area contributed by atoms with Crippen LogP contribution < -0.4 is 5.32 Å². The van der Waals surface area contributed by atoms with Crippen LogP contribution in [0.3, 0.4) is 0 Å². The highest BCUT2D eigenvalue weighted by atomic mass is 16.5. The van der Waals surface area contributed by atoms with E-state index >= 15 is 0 Å². The predicted octanol–water partition coefficient (Wildman–Crippen LogP) is 4.12. The largest absolute Gasteiger partial charge is 0.480 e. The fraction of sp³-hybridized carbons (Fsp3) is 0.464. The van der Waals surface area contributed by atoms with Gasteiger partial charge in [0.2, 0.25) is 5.91 Å². The molecule has 5 atom stereocenters. The van der Waals surface area contributed by atoms with Crippen LogP contribution in [0.15, 0.2) is 48.5 Å². The van der Waals surface area contributed by atoms with Gasteiger partial charge in [0.05, 0.1) is 0 Å². The van der Waals surface area contributed by atoms with E-state index in [1.54, 1.807) is 4.90 Å². The summed E-state index contributed by atoms with van der Waals surface area (Å²) in [7, 11) is 0. The fourth-order valence-corrected chi connectivity index (χ4v) is 6.05. The molecule has 2 N–H and O–H groups in total. The number of piperidine rings is 1. The van der Waals surface area contributed by atoms with Crippen LogP contribution in [0.25, 0.3) is 11.1 Å². The lowest BCUT2D eigenvalue weighted by molar-refractivity contribution is -0.156. The Morgan fingerprint density at radius 1 is 1.00 bits per heavy atom. The van der Waals surface area contributed by atoms with Gasteiger partial charge >= 0.3 is 12.1 Å². The number of carbonyl (C=O) groups excluding carboxylic acids is 2. The Morgan fingerprint density at radius 3 is 2.26 bits per heavy atom. The zero-order valence-corrected chi connectivity index (χ0v) is 20.1. The maximum Gasteiger partial charge on any atom is 0.407 e. The number of benzene rings is 2. The lowest BCUT2D eigenvalue weighted by atomic mass is 9.84. The van der Waals surface area contributed by atoms with Crippen molar-refractivity contribution >= 4 is 18.0 Å². The van der Waals surface area contributed by atoms with Crippen LogP contribution in [-0.2, 0) is 14.3 Å². The van der Waals surface area contributed by atoms with E-state index in [0.717, 1.165) is 17.5 Å². The summed E-state index contributed by atoms with van der Waals surface area (Å²) in [5.74, 6) is -1.05. The molecule has 7 heteroatoms. The molecular formula is C28H32N2O5. The van der Waals surface area contributed by atoms with Gasteiger partial charge in [-0.25, -0.2) is 9.59 Å². The molecule has 3 unspecified atom stereocenters. The van der Waals surface area contributed by atoms with Crippen LogP contribution in [0.1, 0.15) is 43.7 Å². The normalized spacial score (nSPS) is 27.0. The highest BCUT2D eigenvalue weighted by molar-refractivity contribution is 5.87. The van der Waals surface area contributed by atoms with Crippen molar-refractivity contribution in [3.05, 3.63) is 59.7 Å². The van der Waals surface area contributed by atoms with Crippen LogP contribution in [0, 0.1) is 23.7 Å². The number of hydrogen-bond acceptors (Lipinski definition) is 4. The number of carbonyl (C=O) groups is 3. The van der Waals surface area contributed by atoms with Gasteiger partial charge in [-0.3, -0.25) is 4.79 Å². The minimum absolute atomic E-state index is 0.000524. The molecule has 1 aliphatic heterocycles. The second-order valence-electron chi connectivity index (χ2n) is 10.4. The lowest BCUT2D eigenvalue weighted by Crippen LogP contribution is -2.54. The highest BCUT2D eigenvalue weighted by Gasteiger charge is 2.49. The molecule has 0 spiro atoms. The Hall–Kier alpha value is -3.35. The van der Waals surface area contributed by atoms with Gasteiger partial charge < -0.3 is 20.1 Å². The molecule has 1 saturated carbocycles. The molecule has 5 rings (SSSR count). The van der Waals surface area contributed by atoms with Crippen molar-refractivity contribution in [1.82, 2.24) is 10.2 Å². The van der Waals surface area contributed by atoms with E-state index in [2.05, 4.69) is 36.5 Å². The van der Waals surface area contributed by atoms with Crippen molar-refractivity contribution in [2.75, 3.05) is 19.7 Å². The topological polar surface area (TPSA) is 95.9 Å². The van der Waals surface area contributed by atoms with Crippen molar-refractivity contribution in [2.45, 2.75) is 38.6 Å². The molecule has 0 radical (unpaired) electrons. The SMILES string of the molecule is CC1CC(C)C(C(=O)O)N(C(=O)[C@H]2C[C@H]2CNC(=O)OCC2c3ccccc3-c3ccccc32)C1. The zero-order valence-electron chi connectivity index (χ0n) is 20.1. The summed E-state index contributed by atoms with van der Waals surface area (Å²) in [6.07, 6.45) is 0.973. The van der Waals surface area contributed by atoms with E-state index in [9.17, 15) is 19.5 Å². The summed E-state index contributed by atoms with van der Waals surface area (Å²) in [5.41, 5.74) is 4.68. The molecule has 35 heavy (non-hydrogen) atoms. The number of alkyl carbamates (subject to hydrolysis) is 1. The first kappa shape index (κ1) is 23.4. The molecule has 3 aliphatic rings. The maximum absolute atomic E-state index is 13.1. The van der Waals surface area contributed by atoms with Gasteiger partial charge in [0.1, 0.15) is 12.6 Å². The van der Waals surface area contributed by atoms with Crippen molar-refractivity contribution < 1.29 is 24.2 Å². The van der Waals surface area contributed by atoms with Gasteiger partial charge in [0.15, 0.2) is 0 Å². The second-order valence-corrected chi connectivity index (χ2v) is 10.4. The van der Waals surface area contributed by atoms with Crippen LogP contribution >= 0.6 is 0 Å². The quantitative estimate of drug-likeness (QED) is 0.654. The molecular weight excluding hydrogens is 444 g/mol. The van der Waals surface area contributed by atoms with Gasteiger partial charge in [-0.1, -0.05) is 62.4 Å². The number of rotatable bonds is 6. The van der Waals surface area contributed by atoms with Gasteiger partial charge in [-0.15, -0.1) is 0 Å². The van der Waals surface area contributed by atoms with Crippen LogP contribution in [-0.4, -0.2) is 53.7 Å². The number of fused-ring (bicyclic) bond motifs is 3. The minimum atomic E-state index is -0.938.